The Morgan fingerprint density at radius 3 is 2.33 bits per heavy atom. The van der Waals surface area contributed by atoms with E-state index in [1.54, 1.807) is 0 Å². The molecule has 1 aromatic rings. The number of carbonyl (C=O) groups excluding carboxylic acids is 1. The van der Waals surface area contributed by atoms with E-state index in [1.165, 1.54) is 6.08 Å². The van der Waals surface area contributed by atoms with Crippen LogP contribution >= 0.6 is 15.9 Å². The number of carbonyl (C=O) groups is 1. The van der Waals surface area contributed by atoms with Crippen molar-refractivity contribution in [3.8, 4) is 0 Å². The van der Waals surface area contributed by atoms with Crippen molar-refractivity contribution in [2.75, 3.05) is 5.73 Å². The van der Waals surface area contributed by atoms with Gasteiger partial charge in [0.05, 0.1) is 10.2 Å². The van der Waals surface area contributed by atoms with E-state index in [4.69, 9.17) is 11.5 Å². The molecule has 0 fully saturated rings. The molecule has 0 saturated heterocycles. The van der Waals surface area contributed by atoms with Crippen molar-refractivity contribution in [3.05, 3.63) is 33.8 Å². The Morgan fingerprint density at radius 2 is 1.93 bits per heavy atom. The third-order valence-electron chi connectivity index (χ3n) is 1.85. The fraction of sp³-hybridized carbons (Fsp3) is 0. The molecule has 0 bridgehead atoms. The molecule has 0 heterocycles. The standard InChI is InChI=1S/C9H7BrF2N2O/c1-2-3-5(10)7(12)6(11)4(8(3)13)9(14)15/h2H,1,13H2,(H2,14,15). The highest BCUT2D eigenvalue weighted by Gasteiger charge is 2.23. The van der Waals surface area contributed by atoms with Gasteiger partial charge >= 0.3 is 0 Å². The summed E-state index contributed by atoms with van der Waals surface area (Å²) >= 11 is 2.81. The van der Waals surface area contributed by atoms with E-state index in [1.807, 2.05) is 0 Å². The number of nitrogens with two attached hydrogens (primary N) is 2. The molecule has 0 spiro atoms. The van der Waals surface area contributed by atoms with E-state index in [-0.39, 0.29) is 15.7 Å². The van der Waals surface area contributed by atoms with Crippen molar-refractivity contribution in [1.82, 2.24) is 0 Å². The highest BCUT2D eigenvalue weighted by Crippen LogP contribution is 2.32. The molecule has 0 aliphatic heterocycles. The summed E-state index contributed by atoms with van der Waals surface area (Å²) in [7, 11) is 0. The van der Waals surface area contributed by atoms with Crippen LogP contribution in [0.2, 0.25) is 0 Å². The van der Waals surface area contributed by atoms with Gasteiger partial charge in [0.2, 0.25) is 0 Å². The van der Waals surface area contributed by atoms with Crippen LogP contribution in [0.1, 0.15) is 15.9 Å². The Bertz CT molecular complexity index is 460. The van der Waals surface area contributed by atoms with E-state index in [0.717, 1.165) is 0 Å². The quantitative estimate of drug-likeness (QED) is 0.641. The number of hydrogen-bond donors (Lipinski definition) is 2. The van der Waals surface area contributed by atoms with Gasteiger partial charge in [-0.25, -0.2) is 8.78 Å². The summed E-state index contributed by atoms with van der Waals surface area (Å²) in [6.45, 7) is 3.37. The molecule has 4 N–H and O–H groups in total. The normalized spacial score (nSPS) is 10.1. The molecule has 1 aromatic carbocycles. The van der Waals surface area contributed by atoms with E-state index < -0.39 is 23.1 Å². The Labute approximate surface area is 92.9 Å². The number of anilines is 1. The molecule has 6 heteroatoms. The van der Waals surface area contributed by atoms with Gasteiger partial charge in [0.1, 0.15) is 5.56 Å². The minimum atomic E-state index is -1.36. The number of halogens is 3. The molecule has 1 rings (SSSR count). The summed E-state index contributed by atoms with van der Waals surface area (Å²) in [4.78, 5) is 10.9. The van der Waals surface area contributed by atoms with Gasteiger partial charge in [-0.3, -0.25) is 4.79 Å². The lowest BCUT2D eigenvalue weighted by molar-refractivity contribution is 0.0996. The highest BCUT2D eigenvalue weighted by atomic mass is 79.9. The van der Waals surface area contributed by atoms with Crippen LogP contribution in [0.25, 0.3) is 6.08 Å². The van der Waals surface area contributed by atoms with E-state index >= 15 is 0 Å². The first-order chi connectivity index (χ1) is 6.91. The van der Waals surface area contributed by atoms with Gasteiger partial charge in [-0.2, -0.15) is 0 Å². The zero-order valence-electron chi connectivity index (χ0n) is 7.48. The Balaban J connectivity index is 3.75. The summed E-state index contributed by atoms with van der Waals surface area (Å²) in [6, 6.07) is 0. The molecule has 0 aliphatic carbocycles. The lowest BCUT2D eigenvalue weighted by Gasteiger charge is -2.10. The number of hydrogen-bond acceptors (Lipinski definition) is 2. The minimum absolute atomic E-state index is 0.0997. The fourth-order valence-corrected chi connectivity index (χ4v) is 1.69. The van der Waals surface area contributed by atoms with Crippen molar-refractivity contribution in [1.29, 1.82) is 0 Å². The number of rotatable bonds is 2. The maximum Gasteiger partial charge on any atom is 0.253 e. The van der Waals surface area contributed by atoms with Crippen LogP contribution in [0.3, 0.4) is 0 Å². The second kappa shape index (κ2) is 3.98. The third kappa shape index (κ3) is 1.72. The number of amides is 1. The first-order valence-corrected chi connectivity index (χ1v) is 4.59. The van der Waals surface area contributed by atoms with Gasteiger partial charge in [0.25, 0.3) is 5.91 Å². The lowest BCUT2D eigenvalue weighted by Crippen LogP contribution is -2.18. The molecule has 0 radical (unpaired) electrons. The number of primary amides is 1. The Hall–Kier alpha value is -1.43. The summed E-state index contributed by atoms with van der Waals surface area (Å²) < 4.78 is 26.3. The SMILES string of the molecule is C=Cc1c(N)c(C(N)=O)c(F)c(F)c1Br. The zero-order valence-corrected chi connectivity index (χ0v) is 9.07. The summed E-state index contributed by atoms with van der Waals surface area (Å²) in [5, 5.41) is 0. The van der Waals surface area contributed by atoms with Crippen molar-refractivity contribution < 1.29 is 13.6 Å². The van der Waals surface area contributed by atoms with Gasteiger partial charge in [-0.05, 0) is 15.9 Å². The molecule has 0 aliphatic rings. The Morgan fingerprint density at radius 1 is 1.40 bits per heavy atom. The molecule has 3 nitrogen and oxygen atoms in total. The largest absolute Gasteiger partial charge is 0.397 e. The molecular formula is C9H7BrF2N2O. The van der Waals surface area contributed by atoms with Gasteiger partial charge in [0.15, 0.2) is 11.6 Å². The summed E-state index contributed by atoms with van der Waals surface area (Å²) in [6.07, 6.45) is 1.20. The first-order valence-electron chi connectivity index (χ1n) is 3.80. The molecule has 0 saturated carbocycles. The van der Waals surface area contributed by atoms with Crippen molar-refractivity contribution >= 4 is 33.6 Å². The fourth-order valence-electron chi connectivity index (χ4n) is 1.14. The average molecular weight is 277 g/mol. The number of benzene rings is 1. The molecule has 0 unspecified atom stereocenters. The van der Waals surface area contributed by atoms with E-state index in [9.17, 15) is 13.6 Å². The zero-order chi connectivity index (χ0) is 11.7. The average Bonchev–Trinajstić information content (AvgIpc) is 2.15. The van der Waals surface area contributed by atoms with Crippen LogP contribution in [0.15, 0.2) is 11.1 Å². The van der Waals surface area contributed by atoms with Crippen molar-refractivity contribution in [3.63, 3.8) is 0 Å². The summed E-state index contributed by atoms with van der Waals surface area (Å²) in [5.74, 6) is -3.70. The van der Waals surface area contributed by atoms with E-state index in [2.05, 4.69) is 22.5 Å². The molecule has 15 heavy (non-hydrogen) atoms. The van der Waals surface area contributed by atoms with Crippen LogP contribution < -0.4 is 11.5 Å². The van der Waals surface area contributed by atoms with Gasteiger partial charge in [0, 0.05) is 5.56 Å². The molecular weight excluding hydrogens is 270 g/mol. The highest BCUT2D eigenvalue weighted by molar-refractivity contribution is 9.10. The topological polar surface area (TPSA) is 69.1 Å². The molecule has 0 aromatic heterocycles. The monoisotopic (exact) mass is 276 g/mol. The van der Waals surface area contributed by atoms with Crippen molar-refractivity contribution in [2.45, 2.75) is 0 Å². The molecule has 80 valence electrons. The second-order valence-electron chi connectivity index (χ2n) is 2.71. The molecule has 1 amide bonds. The van der Waals surface area contributed by atoms with Crippen LogP contribution in [-0.4, -0.2) is 5.91 Å². The van der Waals surface area contributed by atoms with Crippen LogP contribution in [0.4, 0.5) is 14.5 Å². The minimum Gasteiger partial charge on any atom is -0.397 e. The second-order valence-corrected chi connectivity index (χ2v) is 3.51. The van der Waals surface area contributed by atoms with Gasteiger partial charge in [-0.15, -0.1) is 0 Å². The van der Waals surface area contributed by atoms with Gasteiger partial charge < -0.3 is 11.5 Å². The van der Waals surface area contributed by atoms with Crippen LogP contribution in [0.5, 0.6) is 0 Å². The van der Waals surface area contributed by atoms with Crippen LogP contribution in [0, 0.1) is 11.6 Å². The first kappa shape index (κ1) is 11.6. The van der Waals surface area contributed by atoms with Gasteiger partial charge in [-0.1, -0.05) is 12.7 Å². The summed E-state index contributed by atoms with van der Waals surface area (Å²) in [5.41, 5.74) is 9.54. The lowest BCUT2D eigenvalue weighted by atomic mass is 10.1. The maximum absolute atomic E-state index is 13.3. The number of nitrogen functional groups attached to an aromatic ring is 1. The van der Waals surface area contributed by atoms with Crippen LogP contribution in [-0.2, 0) is 0 Å². The Kier molecular flexibility index (Phi) is 3.09. The predicted molar refractivity (Wildman–Crippen MR) is 57.1 cm³/mol. The van der Waals surface area contributed by atoms with E-state index in [0.29, 0.717) is 0 Å². The molecule has 0 atom stereocenters. The predicted octanol–water partition coefficient (Wildman–Crippen LogP) is 2.05. The van der Waals surface area contributed by atoms with Crippen molar-refractivity contribution in [2.24, 2.45) is 5.73 Å². The maximum atomic E-state index is 13.3. The smallest absolute Gasteiger partial charge is 0.253 e. The third-order valence-corrected chi connectivity index (χ3v) is 2.63.